The van der Waals surface area contributed by atoms with Gasteiger partial charge in [-0.2, -0.15) is 0 Å². The van der Waals surface area contributed by atoms with Crippen molar-refractivity contribution >= 4 is 23.5 Å². The third-order valence-corrected chi connectivity index (χ3v) is 6.84. The number of ether oxygens (including phenoxy) is 1. The van der Waals surface area contributed by atoms with Crippen LogP contribution in [0.25, 0.3) is 0 Å². The van der Waals surface area contributed by atoms with Gasteiger partial charge in [-0.3, -0.25) is 13.4 Å². The zero-order chi connectivity index (χ0) is 21.3. The van der Waals surface area contributed by atoms with E-state index in [1.165, 1.54) is 0 Å². The molecule has 0 radical (unpaired) electrons. The molecule has 0 bridgehead atoms. The molecule has 23 heteroatoms. The maximum atomic E-state index is 11.6. The van der Waals surface area contributed by atoms with Crippen molar-refractivity contribution < 1.29 is 137 Å². The molecule has 5 atom stereocenters. The number of phosphoric ester groups is 1. The van der Waals surface area contributed by atoms with Crippen molar-refractivity contribution in [3.05, 3.63) is 22.7 Å². The molecule has 1 aliphatic heterocycles. The van der Waals surface area contributed by atoms with E-state index in [9.17, 15) is 43.4 Å². The van der Waals surface area contributed by atoms with E-state index in [-0.39, 0.29) is 81.9 Å². The van der Waals surface area contributed by atoms with E-state index in [1.807, 2.05) is 0 Å². The van der Waals surface area contributed by atoms with Crippen LogP contribution < -0.4 is 101 Å². The predicted molar refractivity (Wildman–Crippen MR) is 75.6 cm³/mol. The molecular weight excluding hydrogens is 481 g/mol. The largest absolute Gasteiger partial charge is 1.00 e. The number of hydrogen-bond acceptors (Lipinski definition) is 14. The Bertz CT molecular complexity index is 929. The summed E-state index contributed by atoms with van der Waals surface area (Å²) < 4.78 is 49.7. The number of hydrogen-bond donors (Lipinski definition) is 2. The maximum absolute atomic E-state index is 11.6. The minimum absolute atomic E-state index is 0. The number of nitrogens with zero attached hydrogens (tertiary/aromatic N) is 2. The fourth-order valence-corrected chi connectivity index (χ4v) is 5.04. The minimum atomic E-state index is -6.05. The van der Waals surface area contributed by atoms with Crippen molar-refractivity contribution in [2.75, 3.05) is 6.61 Å². The van der Waals surface area contributed by atoms with E-state index in [0.717, 1.165) is 16.8 Å². The molecule has 1 aromatic heterocycles. The molecule has 2 rings (SSSR count). The van der Waals surface area contributed by atoms with Crippen LogP contribution >= 0.6 is 23.5 Å². The summed E-state index contributed by atoms with van der Waals surface area (Å²) in [6, 6.07) is 0.949. The molecule has 0 amide bonds. The average molecular weight is 492 g/mol. The van der Waals surface area contributed by atoms with Gasteiger partial charge in [0, 0.05) is 12.6 Å². The van der Waals surface area contributed by atoms with Crippen molar-refractivity contribution in [3.63, 3.8) is 0 Å². The Labute approximate surface area is 228 Å². The summed E-state index contributed by atoms with van der Waals surface area (Å²) in [4.78, 5) is 55.7. The maximum Gasteiger partial charge on any atom is 1.00 e. The quantitative estimate of drug-likeness (QED) is 0.252. The van der Waals surface area contributed by atoms with E-state index in [4.69, 9.17) is 9.63 Å². The summed E-state index contributed by atoms with van der Waals surface area (Å²) >= 11 is 0. The van der Waals surface area contributed by atoms with Crippen LogP contribution in [-0.4, -0.2) is 38.4 Å². The Morgan fingerprint density at radius 2 is 1.72 bits per heavy atom. The second-order valence-electron chi connectivity index (χ2n) is 5.21. The van der Waals surface area contributed by atoms with Gasteiger partial charge in [-0.1, -0.05) is 0 Å². The Balaban J connectivity index is -0.00000210. The standard InChI is InChI=1S/C9H15N2O14P3.4Li/c12-5-3-8(11-2-1-7(13)10-9(11)14)23-6(5)4-22-27(18,19)25-28(20,21)24-26(15,16)17;;;;/h1-2,5-6,8,12H,3-4H2,(H,18,19)(H,20,21)(H,10,13,14)(H2,15,16,17);;;;/q;4*+1/p-4/t5-,6+,8+;;;;/m0..../s1. The number of rotatable bonds is 8. The van der Waals surface area contributed by atoms with Gasteiger partial charge in [0.05, 0.1) is 20.5 Å². The number of aromatic nitrogens is 2. The summed E-state index contributed by atoms with van der Waals surface area (Å²) in [7, 11) is -17.6. The van der Waals surface area contributed by atoms with E-state index in [2.05, 4.69) is 18.1 Å². The molecule has 2 heterocycles. The molecule has 32 heavy (non-hydrogen) atoms. The second kappa shape index (κ2) is 14.8. The number of phosphoric acid groups is 3. The van der Waals surface area contributed by atoms with Gasteiger partial charge in [-0.15, -0.1) is 0 Å². The smallest absolute Gasteiger partial charge is 0.858 e. The summed E-state index contributed by atoms with van der Waals surface area (Å²) in [5, 5.41) is 20.8. The van der Waals surface area contributed by atoms with Crippen LogP contribution in [0.2, 0.25) is 0 Å². The molecule has 160 valence electrons. The van der Waals surface area contributed by atoms with Gasteiger partial charge in [0.25, 0.3) is 7.82 Å². The third-order valence-electron chi connectivity index (χ3n) is 3.12. The van der Waals surface area contributed by atoms with E-state index in [1.54, 1.807) is 0 Å². The van der Waals surface area contributed by atoms with Gasteiger partial charge in [-0.25, -0.2) is 18.7 Å². The van der Waals surface area contributed by atoms with Crippen LogP contribution in [0, 0.1) is 0 Å². The molecule has 2 N–H and O–H groups in total. The van der Waals surface area contributed by atoms with Crippen molar-refractivity contribution in [2.45, 2.75) is 24.9 Å². The molecular formula is C9H11Li4N2O14P3. The zero-order valence-corrected chi connectivity index (χ0v) is 20.0. The Morgan fingerprint density at radius 3 is 2.22 bits per heavy atom. The minimum Gasteiger partial charge on any atom is -0.858 e. The van der Waals surface area contributed by atoms with Gasteiger partial charge in [0.2, 0.25) is 0 Å². The fourth-order valence-electron chi connectivity index (χ4n) is 2.11. The van der Waals surface area contributed by atoms with Gasteiger partial charge < -0.3 is 43.6 Å². The molecule has 1 saturated heterocycles. The first-order chi connectivity index (χ1) is 12.7. The molecule has 16 nitrogen and oxygen atoms in total. The molecule has 1 fully saturated rings. The first-order valence-electron chi connectivity index (χ1n) is 7.00. The molecule has 1 aromatic rings. The van der Waals surface area contributed by atoms with Crippen molar-refractivity contribution in [1.82, 2.24) is 9.55 Å². The molecule has 0 saturated carbocycles. The summed E-state index contributed by atoms with van der Waals surface area (Å²) in [5.41, 5.74) is -0.984. The monoisotopic (exact) mass is 492 g/mol. The number of aliphatic hydroxyl groups is 1. The first-order valence-corrected chi connectivity index (χ1v) is 11.4. The van der Waals surface area contributed by atoms with Crippen LogP contribution in [-0.2, 0) is 31.6 Å². The third kappa shape index (κ3) is 12.4. The molecule has 0 aromatic carbocycles. The first kappa shape index (κ1) is 37.9. The fraction of sp³-hybridized carbons (Fsp3) is 0.556. The van der Waals surface area contributed by atoms with Crippen LogP contribution in [0.1, 0.15) is 12.6 Å². The van der Waals surface area contributed by atoms with Crippen molar-refractivity contribution in [1.29, 1.82) is 0 Å². The van der Waals surface area contributed by atoms with E-state index < -0.39 is 60.1 Å². The van der Waals surface area contributed by atoms with E-state index in [0.29, 0.717) is 0 Å². The molecule has 2 unspecified atom stereocenters. The molecule has 0 spiro atoms. The summed E-state index contributed by atoms with van der Waals surface area (Å²) in [5.74, 6) is -0.805. The topological polar surface area (TPSA) is 256 Å². The van der Waals surface area contributed by atoms with E-state index >= 15 is 0 Å². The Morgan fingerprint density at radius 1 is 1.16 bits per heavy atom. The van der Waals surface area contributed by atoms with Gasteiger partial charge in [0.15, 0.2) is 0 Å². The SMILES string of the molecule is O=c1nc([O-])ccn1[C@H]1C[C@H](O)[C@@H](COP(=O)([O-])OP(=O)(O)OP(=O)([O-])[O-])O1.[Li+].[Li+].[Li+].[Li+]. The normalized spacial score (nSPS) is 23.8. The summed E-state index contributed by atoms with van der Waals surface area (Å²) in [6.45, 7) is -0.979. The Hall–Kier alpha value is 1.40. The van der Waals surface area contributed by atoms with Crippen LogP contribution in [0.15, 0.2) is 17.1 Å². The molecule has 0 aliphatic carbocycles. The zero-order valence-electron chi connectivity index (χ0n) is 17.3. The predicted octanol–water partition coefficient (Wildman–Crippen LogP) is -15.6. The van der Waals surface area contributed by atoms with Crippen LogP contribution in [0.4, 0.5) is 0 Å². The van der Waals surface area contributed by atoms with Gasteiger partial charge in [-0.05, 0) is 11.9 Å². The molecule has 1 aliphatic rings. The van der Waals surface area contributed by atoms with Crippen LogP contribution in [0.3, 0.4) is 0 Å². The number of aliphatic hydroxyl groups excluding tert-OH is 1. The van der Waals surface area contributed by atoms with Crippen molar-refractivity contribution in [3.8, 4) is 5.88 Å². The van der Waals surface area contributed by atoms with Gasteiger partial charge >= 0.3 is 89.0 Å². The van der Waals surface area contributed by atoms with Gasteiger partial charge in [0.1, 0.15) is 12.3 Å². The Kier molecular flexibility index (Phi) is 17.6. The average Bonchev–Trinajstić information content (AvgIpc) is 2.82. The summed E-state index contributed by atoms with van der Waals surface area (Å²) in [6.07, 6.45) is -3.06. The van der Waals surface area contributed by atoms with Crippen molar-refractivity contribution in [2.24, 2.45) is 0 Å². The van der Waals surface area contributed by atoms with Crippen LogP contribution in [0.5, 0.6) is 5.88 Å². The second-order valence-corrected chi connectivity index (χ2v) is 9.50.